The van der Waals surface area contributed by atoms with Gasteiger partial charge in [-0.25, -0.2) is 4.39 Å². The molecule has 1 fully saturated rings. The Labute approximate surface area is 119 Å². The van der Waals surface area contributed by atoms with Crippen LogP contribution in [0.4, 0.5) is 4.39 Å². The van der Waals surface area contributed by atoms with Crippen molar-refractivity contribution in [2.24, 2.45) is 11.8 Å². The van der Waals surface area contributed by atoms with E-state index in [9.17, 15) is 4.39 Å². The number of hydrazine groups is 1. The molecule has 1 aromatic rings. The van der Waals surface area contributed by atoms with E-state index in [1.165, 1.54) is 44.6 Å². The predicted molar refractivity (Wildman–Crippen MR) is 77.4 cm³/mol. The molecule has 1 aliphatic rings. The van der Waals surface area contributed by atoms with E-state index in [2.05, 4.69) is 5.43 Å². The van der Waals surface area contributed by atoms with E-state index in [-0.39, 0.29) is 11.9 Å². The second kappa shape index (κ2) is 7.22. The molecule has 19 heavy (non-hydrogen) atoms. The van der Waals surface area contributed by atoms with Gasteiger partial charge in [-0.15, -0.1) is 0 Å². The van der Waals surface area contributed by atoms with Crippen LogP contribution in [-0.4, -0.2) is 6.04 Å². The summed E-state index contributed by atoms with van der Waals surface area (Å²) in [6.07, 6.45) is 8.13. The van der Waals surface area contributed by atoms with Gasteiger partial charge < -0.3 is 0 Å². The minimum absolute atomic E-state index is 0.147. The zero-order valence-corrected chi connectivity index (χ0v) is 11.9. The first kappa shape index (κ1) is 14.8. The number of hydrogen-bond donors (Lipinski definition) is 2. The van der Waals surface area contributed by atoms with Gasteiger partial charge >= 0.3 is 0 Å². The topological polar surface area (TPSA) is 38.0 Å². The average Bonchev–Trinajstić information content (AvgIpc) is 2.67. The number of nitrogens with two attached hydrogens (primary N) is 1. The van der Waals surface area contributed by atoms with Gasteiger partial charge in [0.25, 0.3) is 0 Å². The number of rotatable bonds is 4. The van der Waals surface area contributed by atoms with E-state index < -0.39 is 0 Å². The van der Waals surface area contributed by atoms with Gasteiger partial charge in [-0.05, 0) is 42.9 Å². The molecule has 0 aromatic heterocycles. The van der Waals surface area contributed by atoms with Gasteiger partial charge in [0, 0.05) is 11.1 Å². The largest absolute Gasteiger partial charge is 0.271 e. The summed E-state index contributed by atoms with van der Waals surface area (Å²) in [6, 6.07) is 5.02. The van der Waals surface area contributed by atoms with Gasteiger partial charge in [-0.1, -0.05) is 43.4 Å². The molecule has 0 amide bonds. The van der Waals surface area contributed by atoms with Crippen molar-refractivity contribution in [2.45, 2.75) is 51.0 Å². The summed E-state index contributed by atoms with van der Waals surface area (Å²) in [5, 5.41) is 0.438. The summed E-state index contributed by atoms with van der Waals surface area (Å²) < 4.78 is 13.8. The number of hydrogen-bond acceptors (Lipinski definition) is 2. The molecule has 1 unspecified atom stereocenters. The molecule has 1 aliphatic carbocycles. The van der Waals surface area contributed by atoms with E-state index >= 15 is 0 Å². The Morgan fingerprint density at radius 2 is 1.95 bits per heavy atom. The third kappa shape index (κ3) is 4.16. The highest BCUT2D eigenvalue weighted by Gasteiger charge is 2.23. The van der Waals surface area contributed by atoms with E-state index in [4.69, 9.17) is 17.4 Å². The molecule has 1 saturated carbocycles. The lowest BCUT2D eigenvalue weighted by molar-refractivity contribution is 0.318. The molecular weight excluding hydrogens is 263 g/mol. The van der Waals surface area contributed by atoms with Crippen molar-refractivity contribution >= 4 is 11.6 Å². The number of nitrogens with one attached hydrogen (secondary N) is 1. The third-order valence-electron chi connectivity index (χ3n) is 4.14. The summed E-state index contributed by atoms with van der Waals surface area (Å²) in [6.45, 7) is 0. The minimum atomic E-state index is -0.235. The van der Waals surface area contributed by atoms with Crippen LogP contribution < -0.4 is 11.3 Å². The van der Waals surface area contributed by atoms with Crippen LogP contribution in [0.15, 0.2) is 18.2 Å². The molecule has 0 spiro atoms. The standard InChI is InChI=1S/C15H22ClFN2/c16-13-8-7-12(14(17)10-13)9-15(19-18)11-5-3-1-2-4-6-11/h7-8,10-11,15,19H,1-6,9,18H2. The van der Waals surface area contributed by atoms with E-state index in [0.717, 1.165) is 0 Å². The lowest BCUT2D eigenvalue weighted by Crippen LogP contribution is -2.42. The van der Waals surface area contributed by atoms with Crippen molar-refractivity contribution in [1.29, 1.82) is 0 Å². The third-order valence-corrected chi connectivity index (χ3v) is 4.37. The zero-order chi connectivity index (χ0) is 13.7. The Morgan fingerprint density at radius 3 is 2.53 bits per heavy atom. The fraction of sp³-hybridized carbons (Fsp3) is 0.600. The van der Waals surface area contributed by atoms with Gasteiger partial charge in [0.05, 0.1) is 0 Å². The van der Waals surface area contributed by atoms with E-state index in [0.29, 0.717) is 22.9 Å². The van der Waals surface area contributed by atoms with Crippen molar-refractivity contribution in [3.05, 3.63) is 34.6 Å². The molecule has 0 heterocycles. The van der Waals surface area contributed by atoms with Crippen LogP contribution in [0.1, 0.15) is 44.1 Å². The van der Waals surface area contributed by atoms with Crippen LogP contribution in [0.5, 0.6) is 0 Å². The first-order valence-electron chi connectivity index (χ1n) is 7.10. The number of halogens is 2. The summed E-state index contributed by atoms with van der Waals surface area (Å²) in [7, 11) is 0. The van der Waals surface area contributed by atoms with Gasteiger partial charge in [0.1, 0.15) is 5.82 Å². The lowest BCUT2D eigenvalue weighted by atomic mass is 9.88. The molecular formula is C15H22ClFN2. The molecule has 1 atom stereocenters. The van der Waals surface area contributed by atoms with Crippen molar-refractivity contribution in [1.82, 2.24) is 5.43 Å². The SMILES string of the molecule is NNC(Cc1ccc(Cl)cc1F)C1CCCCCC1. The fourth-order valence-corrected chi connectivity index (χ4v) is 3.16. The van der Waals surface area contributed by atoms with Crippen molar-refractivity contribution in [3.63, 3.8) is 0 Å². The highest BCUT2D eigenvalue weighted by Crippen LogP contribution is 2.27. The van der Waals surface area contributed by atoms with Gasteiger partial charge in [-0.2, -0.15) is 0 Å². The smallest absolute Gasteiger partial charge is 0.127 e. The molecule has 2 rings (SSSR count). The monoisotopic (exact) mass is 284 g/mol. The Balaban J connectivity index is 2.04. The zero-order valence-electron chi connectivity index (χ0n) is 11.2. The minimum Gasteiger partial charge on any atom is -0.271 e. The molecule has 3 N–H and O–H groups in total. The van der Waals surface area contributed by atoms with Gasteiger partial charge in [-0.3, -0.25) is 11.3 Å². The Kier molecular flexibility index (Phi) is 5.61. The van der Waals surface area contributed by atoms with Gasteiger partial charge in [0.15, 0.2) is 0 Å². The first-order valence-corrected chi connectivity index (χ1v) is 7.48. The Hall–Kier alpha value is -0.640. The molecule has 0 radical (unpaired) electrons. The second-order valence-electron chi connectivity index (χ2n) is 5.46. The highest BCUT2D eigenvalue weighted by atomic mass is 35.5. The normalized spacial score (nSPS) is 19.1. The lowest BCUT2D eigenvalue weighted by Gasteiger charge is -2.25. The van der Waals surface area contributed by atoms with Crippen LogP contribution >= 0.6 is 11.6 Å². The number of benzene rings is 1. The Bertz CT molecular complexity index is 403. The summed E-state index contributed by atoms with van der Waals surface area (Å²) in [5.41, 5.74) is 3.58. The van der Waals surface area contributed by atoms with E-state index in [1.54, 1.807) is 12.1 Å². The maximum atomic E-state index is 13.8. The van der Waals surface area contributed by atoms with Crippen molar-refractivity contribution in [2.75, 3.05) is 0 Å². The van der Waals surface area contributed by atoms with Crippen LogP contribution in [0.3, 0.4) is 0 Å². The van der Waals surface area contributed by atoms with Crippen LogP contribution in [0, 0.1) is 11.7 Å². The van der Waals surface area contributed by atoms with Gasteiger partial charge in [0.2, 0.25) is 0 Å². The predicted octanol–water partition coefficient (Wildman–Crippen LogP) is 3.82. The maximum Gasteiger partial charge on any atom is 0.127 e. The fourth-order valence-electron chi connectivity index (χ4n) is 3.00. The van der Waals surface area contributed by atoms with Crippen molar-refractivity contribution in [3.8, 4) is 0 Å². The highest BCUT2D eigenvalue weighted by molar-refractivity contribution is 6.30. The molecule has 0 aliphatic heterocycles. The molecule has 2 nitrogen and oxygen atoms in total. The second-order valence-corrected chi connectivity index (χ2v) is 5.90. The maximum absolute atomic E-state index is 13.8. The quantitative estimate of drug-likeness (QED) is 0.501. The first-order chi connectivity index (χ1) is 9.20. The summed E-state index contributed by atoms with van der Waals surface area (Å²) >= 11 is 5.78. The van der Waals surface area contributed by atoms with Crippen molar-refractivity contribution < 1.29 is 4.39 Å². The molecule has 4 heteroatoms. The molecule has 106 valence electrons. The Morgan fingerprint density at radius 1 is 1.26 bits per heavy atom. The van der Waals surface area contributed by atoms with E-state index in [1.807, 2.05) is 0 Å². The summed E-state index contributed by atoms with van der Waals surface area (Å²) in [5.74, 6) is 5.99. The van der Waals surface area contributed by atoms with Crippen LogP contribution in [0.2, 0.25) is 5.02 Å². The van der Waals surface area contributed by atoms with Crippen LogP contribution in [0.25, 0.3) is 0 Å². The molecule has 1 aromatic carbocycles. The van der Waals surface area contributed by atoms with Crippen LogP contribution in [-0.2, 0) is 6.42 Å². The molecule has 0 saturated heterocycles. The average molecular weight is 285 g/mol. The molecule has 0 bridgehead atoms. The summed E-state index contributed by atoms with van der Waals surface area (Å²) in [4.78, 5) is 0.